The first-order valence-electron chi connectivity index (χ1n) is 15.2. The van der Waals surface area contributed by atoms with Crippen LogP contribution < -0.4 is 0 Å². The zero-order valence-corrected chi connectivity index (χ0v) is 24.8. The number of hydrogen-bond acceptors (Lipinski definition) is 3. The lowest BCUT2D eigenvalue weighted by Gasteiger charge is -2.42. The maximum atomic E-state index is 11.6. The molecule has 0 bridgehead atoms. The van der Waals surface area contributed by atoms with Gasteiger partial charge < -0.3 is 19.8 Å². The number of hydrogen-bond donors (Lipinski definition) is 3. The van der Waals surface area contributed by atoms with E-state index in [0.717, 1.165) is 19.3 Å². The Morgan fingerprint density at radius 1 is 0.553 bits per heavy atom. The van der Waals surface area contributed by atoms with Crippen molar-refractivity contribution >= 4 is 17.9 Å². The quantitative estimate of drug-likeness (QED) is 0.0599. The van der Waals surface area contributed by atoms with Crippen molar-refractivity contribution in [2.75, 3.05) is 26.2 Å². The smallest absolute Gasteiger partial charge is 0.311 e. The van der Waals surface area contributed by atoms with Gasteiger partial charge >= 0.3 is 17.9 Å². The Balaban J connectivity index is 4.44. The Hall–Kier alpha value is -1.89. The van der Waals surface area contributed by atoms with Gasteiger partial charge in [-0.15, -0.1) is 0 Å². The molecule has 0 spiro atoms. The first-order valence-corrected chi connectivity index (χ1v) is 15.2. The molecule has 0 radical (unpaired) electrons. The lowest BCUT2D eigenvalue weighted by Crippen LogP contribution is -2.57. The van der Waals surface area contributed by atoms with E-state index in [1.54, 1.807) is 20.8 Å². The van der Waals surface area contributed by atoms with Crippen LogP contribution in [0.4, 0.5) is 0 Å². The minimum Gasteiger partial charge on any atom is -0.481 e. The number of nitrogens with zero attached hydrogens (tertiary/aromatic N) is 1. The van der Waals surface area contributed by atoms with E-state index in [1.165, 1.54) is 77.0 Å². The molecule has 0 aliphatic rings. The molecule has 38 heavy (non-hydrogen) atoms. The average Bonchev–Trinajstić information content (AvgIpc) is 2.85. The normalized spacial score (nSPS) is 15.7. The molecule has 0 aromatic rings. The van der Waals surface area contributed by atoms with Crippen LogP contribution in [0.1, 0.15) is 124 Å². The number of carbonyl (C=O) groups is 3. The summed E-state index contributed by atoms with van der Waals surface area (Å²) in [4.78, 5) is 34.8. The summed E-state index contributed by atoms with van der Waals surface area (Å²) in [7, 11) is 0. The number of allylic oxidation sites excluding steroid dienone is 2. The predicted molar refractivity (Wildman–Crippen MR) is 154 cm³/mol. The molecule has 7 nitrogen and oxygen atoms in total. The largest absolute Gasteiger partial charge is 0.481 e. The molecule has 0 aliphatic heterocycles. The van der Waals surface area contributed by atoms with E-state index in [1.807, 2.05) is 0 Å². The molecule has 0 amide bonds. The van der Waals surface area contributed by atoms with E-state index in [2.05, 4.69) is 19.1 Å². The summed E-state index contributed by atoms with van der Waals surface area (Å²) in [5, 5.41) is 28.5. The fraction of sp³-hybridized carbons (Fsp3) is 0.839. The molecule has 3 N–H and O–H groups in total. The van der Waals surface area contributed by atoms with Gasteiger partial charge in [0.2, 0.25) is 0 Å². The van der Waals surface area contributed by atoms with Gasteiger partial charge in [-0.1, -0.05) is 76.9 Å². The van der Waals surface area contributed by atoms with Gasteiger partial charge in [-0.25, -0.2) is 0 Å². The van der Waals surface area contributed by atoms with Crippen molar-refractivity contribution in [3.63, 3.8) is 0 Å². The van der Waals surface area contributed by atoms with Crippen LogP contribution in [0.5, 0.6) is 0 Å². The zero-order chi connectivity index (χ0) is 28.8. The van der Waals surface area contributed by atoms with E-state index < -0.39 is 35.7 Å². The fourth-order valence-corrected chi connectivity index (χ4v) is 5.35. The Morgan fingerprint density at radius 2 is 0.868 bits per heavy atom. The Labute approximate surface area is 232 Å². The molecule has 222 valence electrons. The monoisotopic (exact) mass is 540 g/mol. The molecule has 0 aliphatic carbocycles. The number of carboxylic acids is 3. The maximum absolute atomic E-state index is 11.6. The lowest BCUT2D eigenvalue weighted by atomic mass is 10.00. The van der Waals surface area contributed by atoms with Crippen LogP contribution in [0.2, 0.25) is 0 Å². The number of unbranched alkanes of at least 4 members (excludes halogenated alkanes) is 13. The highest BCUT2D eigenvalue weighted by molar-refractivity contribution is 5.70. The average molecular weight is 541 g/mol. The molecule has 0 heterocycles. The molecule has 3 atom stereocenters. The van der Waals surface area contributed by atoms with Crippen LogP contribution in [0, 0.1) is 17.8 Å². The molecular formula is C31H58NO6+. The second-order valence-corrected chi connectivity index (χ2v) is 11.6. The van der Waals surface area contributed by atoms with Crippen molar-refractivity contribution in [1.29, 1.82) is 0 Å². The summed E-state index contributed by atoms with van der Waals surface area (Å²) in [6.45, 7) is 8.47. The van der Waals surface area contributed by atoms with Gasteiger partial charge in [0, 0.05) is 0 Å². The summed E-state index contributed by atoms with van der Waals surface area (Å²) in [6.07, 6.45) is 22.8. The van der Waals surface area contributed by atoms with Crippen LogP contribution in [0.15, 0.2) is 12.2 Å². The predicted octanol–water partition coefficient (Wildman–Crippen LogP) is 7.39. The third kappa shape index (κ3) is 18.4. The van der Waals surface area contributed by atoms with E-state index in [0.29, 0.717) is 6.54 Å². The molecule has 7 heteroatoms. The van der Waals surface area contributed by atoms with Crippen molar-refractivity contribution in [3.05, 3.63) is 12.2 Å². The topological polar surface area (TPSA) is 112 Å². The van der Waals surface area contributed by atoms with E-state index in [4.69, 9.17) is 0 Å². The van der Waals surface area contributed by atoms with E-state index >= 15 is 0 Å². The molecular weight excluding hydrogens is 482 g/mol. The Kier molecular flexibility index (Phi) is 20.9. The van der Waals surface area contributed by atoms with Gasteiger partial charge in [0.05, 0.1) is 26.2 Å². The van der Waals surface area contributed by atoms with Crippen LogP contribution in [0.3, 0.4) is 0 Å². The Bertz CT molecular complexity index is 622. The van der Waals surface area contributed by atoms with Gasteiger partial charge in [-0.3, -0.25) is 14.4 Å². The maximum Gasteiger partial charge on any atom is 0.311 e. The van der Waals surface area contributed by atoms with Gasteiger partial charge in [0.25, 0.3) is 0 Å². The zero-order valence-electron chi connectivity index (χ0n) is 24.8. The lowest BCUT2D eigenvalue weighted by molar-refractivity contribution is -0.934. The molecule has 0 saturated carbocycles. The minimum atomic E-state index is -0.933. The first-order chi connectivity index (χ1) is 18.0. The summed E-state index contributed by atoms with van der Waals surface area (Å²) in [5.74, 6) is -4.81. The summed E-state index contributed by atoms with van der Waals surface area (Å²) in [5.41, 5.74) is 0. The third-order valence-corrected chi connectivity index (χ3v) is 7.64. The van der Waals surface area contributed by atoms with Crippen molar-refractivity contribution in [3.8, 4) is 0 Å². The second-order valence-electron chi connectivity index (χ2n) is 11.6. The third-order valence-electron chi connectivity index (χ3n) is 7.64. The van der Waals surface area contributed by atoms with Gasteiger partial charge in [0.15, 0.2) is 0 Å². The molecule has 0 fully saturated rings. The van der Waals surface area contributed by atoms with Gasteiger partial charge in [0.1, 0.15) is 17.8 Å². The number of aliphatic carboxylic acids is 3. The van der Waals surface area contributed by atoms with Crippen molar-refractivity contribution in [2.24, 2.45) is 17.8 Å². The standard InChI is InChI=1S/C31H57NO6/c1-5-6-7-8-9-10-11-12-13-14-15-16-17-18-19-20-21-22-32(23-26(2)29(33)34,24-27(3)30(35)36)25-28(4)31(37)38/h10-11,26-28H,5-9,12-25H2,1-4H3,(H2-,33,34,35,36,37,38)/p+1/b11-10+. The van der Waals surface area contributed by atoms with Crippen LogP contribution in [0.25, 0.3) is 0 Å². The molecule has 3 unspecified atom stereocenters. The SMILES string of the molecule is CCCCCC/C=C/CCCCCCCCCCC[N+](CC(C)C(=O)O)(CC(C)C(=O)O)CC(C)C(=O)O. The number of rotatable bonds is 26. The molecule has 0 aromatic carbocycles. The van der Waals surface area contributed by atoms with E-state index in [-0.39, 0.29) is 24.1 Å². The highest BCUT2D eigenvalue weighted by Crippen LogP contribution is 2.22. The van der Waals surface area contributed by atoms with Crippen LogP contribution in [-0.4, -0.2) is 63.9 Å². The highest BCUT2D eigenvalue weighted by Gasteiger charge is 2.38. The second kappa shape index (κ2) is 22.0. The number of carboxylic acid groups (broad SMARTS) is 3. The summed E-state index contributed by atoms with van der Waals surface area (Å²) < 4.78 is 0.224. The molecule has 0 rings (SSSR count). The van der Waals surface area contributed by atoms with Gasteiger partial charge in [-0.2, -0.15) is 0 Å². The highest BCUT2D eigenvalue weighted by atomic mass is 16.4. The Morgan fingerprint density at radius 3 is 1.21 bits per heavy atom. The van der Waals surface area contributed by atoms with Crippen molar-refractivity contribution < 1.29 is 34.2 Å². The van der Waals surface area contributed by atoms with E-state index in [9.17, 15) is 29.7 Å². The first kappa shape index (κ1) is 36.1. The van der Waals surface area contributed by atoms with Crippen molar-refractivity contribution in [2.45, 2.75) is 124 Å². The van der Waals surface area contributed by atoms with Crippen LogP contribution in [-0.2, 0) is 14.4 Å². The molecule has 0 saturated heterocycles. The minimum absolute atomic E-state index is 0.224. The fourth-order valence-electron chi connectivity index (χ4n) is 5.35. The summed E-state index contributed by atoms with van der Waals surface area (Å²) >= 11 is 0. The molecule has 0 aromatic heterocycles. The number of quaternary nitrogens is 1. The van der Waals surface area contributed by atoms with Gasteiger partial charge in [-0.05, 0) is 59.3 Å². The summed E-state index contributed by atoms with van der Waals surface area (Å²) in [6, 6.07) is 0. The van der Waals surface area contributed by atoms with Crippen LogP contribution >= 0.6 is 0 Å². The van der Waals surface area contributed by atoms with Crippen molar-refractivity contribution in [1.82, 2.24) is 0 Å².